The third kappa shape index (κ3) is 7.08. The second kappa shape index (κ2) is 15.7. The van der Waals surface area contributed by atoms with Gasteiger partial charge in [0.1, 0.15) is 11.7 Å². The third-order valence-electron chi connectivity index (χ3n) is 11.4. The maximum Gasteiger partial charge on any atom is 0.269 e. The quantitative estimate of drug-likeness (QED) is 0.0851. The number of piperidine rings is 1. The van der Waals surface area contributed by atoms with Crippen molar-refractivity contribution in [2.45, 2.75) is 71.4 Å². The third-order valence-corrected chi connectivity index (χ3v) is 11.4. The number of H-pyrrole nitrogens is 1. The first-order valence-electron chi connectivity index (χ1n) is 19.8. The van der Waals surface area contributed by atoms with Gasteiger partial charge in [-0.25, -0.2) is 0 Å². The van der Waals surface area contributed by atoms with Gasteiger partial charge in [-0.15, -0.1) is 0 Å². The van der Waals surface area contributed by atoms with E-state index < -0.39 is 11.9 Å². The van der Waals surface area contributed by atoms with E-state index in [2.05, 4.69) is 87.7 Å². The predicted octanol–water partition coefficient (Wildman–Crippen LogP) is 6.04. The molecule has 3 aliphatic rings. The molecule has 294 valence electrons. The fourth-order valence-electron chi connectivity index (χ4n) is 8.37. The Morgan fingerprint density at radius 2 is 1.86 bits per heavy atom. The van der Waals surface area contributed by atoms with Crippen LogP contribution in [0.2, 0.25) is 0 Å². The van der Waals surface area contributed by atoms with Crippen molar-refractivity contribution in [2.24, 2.45) is 0 Å². The molecule has 3 aliphatic heterocycles. The maximum absolute atomic E-state index is 13.1. The molecule has 5 heterocycles. The summed E-state index contributed by atoms with van der Waals surface area (Å²) in [5, 5.41) is 8.91. The molecule has 4 N–H and O–H groups in total. The van der Waals surface area contributed by atoms with Gasteiger partial charge in [0.25, 0.3) is 17.7 Å². The molecule has 0 saturated carbocycles. The van der Waals surface area contributed by atoms with Crippen LogP contribution in [0.15, 0.2) is 67.0 Å². The van der Waals surface area contributed by atoms with E-state index in [9.17, 15) is 24.0 Å². The average molecular weight is 776 g/mol. The maximum atomic E-state index is 13.1. The number of hydrogen-bond acceptors (Lipinski definition) is 7. The first-order chi connectivity index (χ1) is 28.0. The van der Waals surface area contributed by atoms with Gasteiger partial charge in [-0.3, -0.25) is 34.3 Å². The van der Waals surface area contributed by atoms with Crippen molar-refractivity contribution < 1.29 is 24.0 Å². The molecule has 3 aromatic carbocycles. The summed E-state index contributed by atoms with van der Waals surface area (Å²) in [6, 6.07) is 17.2. The van der Waals surface area contributed by atoms with Crippen molar-refractivity contribution in [3.63, 3.8) is 0 Å². The molecule has 5 amide bonds. The lowest BCUT2D eigenvalue weighted by Crippen LogP contribution is -2.52. The zero-order chi connectivity index (χ0) is 40.7. The van der Waals surface area contributed by atoms with Crippen molar-refractivity contribution in [2.75, 3.05) is 25.0 Å². The van der Waals surface area contributed by atoms with E-state index in [1.165, 1.54) is 16.0 Å². The monoisotopic (exact) mass is 775 g/mol. The molecule has 5 aromatic rings. The SMILES string of the molecule is CNC(=O)c1c[nH]c2c(C(C)C)cc(N3CCCc4cc(-c5ccc(C(=O)NCCC#Cc6cccc7c6CN(C6CCC(=O)NC6=O)C7=O)nc5)c(C)cc43)cc12. The minimum Gasteiger partial charge on any atom is -0.360 e. The second-order valence-electron chi connectivity index (χ2n) is 15.4. The molecular weight excluding hydrogens is 731 g/mol. The summed E-state index contributed by atoms with van der Waals surface area (Å²) in [5.41, 5.74) is 11.6. The molecule has 0 bridgehead atoms. The van der Waals surface area contributed by atoms with Crippen LogP contribution in [0, 0.1) is 18.8 Å². The summed E-state index contributed by atoms with van der Waals surface area (Å²) >= 11 is 0. The highest BCUT2D eigenvalue weighted by atomic mass is 16.2. The van der Waals surface area contributed by atoms with Crippen molar-refractivity contribution in [1.82, 2.24) is 30.8 Å². The molecule has 0 radical (unpaired) electrons. The van der Waals surface area contributed by atoms with Crippen LogP contribution in [0.5, 0.6) is 0 Å². The Morgan fingerprint density at radius 1 is 1.02 bits per heavy atom. The summed E-state index contributed by atoms with van der Waals surface area (Å²) in [6.45, 7) is 7.87. The van der Waals surface area contributed by atoms with Gasteiger partial charge in [-0.1, -0.05) is 37.8 Å². The Morgan fingerprint density at radius 3 is 2.62 bits per heavy atom. The zero-order valence-electron chi connectivity index (χ0n) is 33.0. The Kier molecular flexibility index (Phi) is 10.3. The number of hydrogen-bond donors (Lipinski definition) is 4. The number of aryl methyl sites for hydroxylation is 2. The lowest BCUT2D eigenvalue weighted by Gasteiger charge is -2.33. The van der Waals surface area contributed by atoms with Crippen LogP contribution >= 0.6 is 0 Å². The highest BCUT2D eigenvalue weighted by molar-refractivity contribution is 6.09. The first-order valence-corrected chi connectivity index (χ1v) is 19.8. The number of aromatic amines is 1. The molecule has 8 rings (SSSR count). The second-order valence-corrected chi connectivity index (χ2v) is 15.4. The minimum absolute atomic E-state index is 0.116. The highest BCUT2D eigenvalue weighted by Crippen LogP contribution is 2.41. The largest absolute Gasteiger partial charge is 0.360 e. The normalized spacial score (nSPS) is 16.2. The Balaban J connectivity index is 0.926. The number of carbonyl (C=O) groups is 5. The van der Waals surface area contributed by atoms with Crippen LogP contribution in [-0.2, 0) is 22.6 Å². The van der Waals surface area contributed by atoms with E-state index in [1.54, 1.807) is 37.6 Å². The minimum atomic E-state index is -0.687. The fraction of sp³-hybridized carbons (Fsp3) is 0.304. The molecular formula is C46H45N7O5. The van der Waals surface area contributed by atoms with E-state index in [-0.39, 0.29) is 42.5 Å². The fourth-order valence-corrected chi connectivity index (χ4v) is 8.37. The molecule has 0 spiro atoms. The van der Waals surface area contributed by atoms with Crippen LogP contribution in [0.1, 0.15) is 104 Å². The highest BCUT2D eigenvalue weighted by Gasteiger charge is 2.39. The molecule has 58 heavy (non-hydrogen) atoms. The number of anilines is 2. The van der Waals surface area contributed by atoms with Gasteiger partial charge in [0.15, 0.2) is 0 Å². The van der Waals surface area contributed by atoms with Crippen molar-refractivity contribution in [3.05, 3.63) is 112 Å². The molecule has 12 nitrogen and oxygen atoms in total. The number of carbonyl (C=O) groups excluding carboxylic acids is 5. The number of aromatic nitrogens is 2. The Hall–Kier alpha value is -6.74. The predicted molar refractivity (Wildman–Crippen MR) is 222 cm³/mol. The van der Waals surface area contributed by atoms with E-state index in [1.807, 2.05) is 12.1 Å². The van der Waals surface area contributed by atoms with Gasteiger partial charge in [0.2, 0.25) is 11.8 Å². The molecule has 2 aromatic heterocycles. The number of benzene rings is 3. The number of imide groups is 1. The summed E-state index contributed by atoms with van der Waals surface area (Å²) in [6.07, 6.45) is 6.34. The van der Waals surface area contributed by atoms with Crippen LogP contribution in [-0.4, -0.2) is 70.6 Å². The van der Waals surface area contributed by atoms with Crippen molar-refractivity contribution in [3.8, 4) is 23.0 Å². The Labute approximate surface area is 336 Å². The van der Waals surface area contributed by atoms with E-state index in [0.29, 0.717) is 41.8 Å². The lowest BCUT2D eigenvalue weighted by molar-refractivity contribution is -0.136. The summed E-state index contributed by atoms with van der Waals surface area (Å²) < 4.78 is 0. The molecule has 12 heteroatoms. The number of amides is 5. The number of pyridine rings is 1. The van der Waals surface area contributed by atoms with Crippen LogP contribution < -0.4 is 20.9 Å². The van der Waals surface area contributed by atoms with Crippen LogP contribution in [0.4, 0.5) is 11.4 Å². The van der Waals surface area contributed by atoms with Crippen molar-refractivity contribution >= 4 is 51.8 Å². The lowest BCUT2D eigenvalue weighted by atomic mass is 9.92. The number of rotatable bonds is 8. The standard InChI is InChI=1S/C46H45N7O5/c1-26(2)33-21-31(22-35-36(43(55)47-4)24-50-42(33)35)52-18-8-11-29-20-34(27(3)19-40(29)52)30-13-14-38(49-23-30)44(56)48-17-6-5-9-28-10-7-12-32-37(28)25-53(46(32)58)39-15-16-41(54)51-45(39)57/h7,10,12-14,19-24,26,39,50H,6,8,11,15-18,25H2,1-4H3,(H,47,55)(H,48,56)(H,51,54,57). The smallest absolute Gasteiger partial charge is 0.269 e. The van der Waals surface area contributed by atoms with Gasteiger partial charge >= 0.3 is 0 Å². The van der Waals surface area contributed by atoms with E-state index in [4.69, 9.17) is 0 Å². The average Bonchev–Trinajstić information content (AvgIpc) is 3.80. The van der Waals surface area contributed by atoms with Crippen molar-refractivity contribution in [1.29, 1.82) is 0 Å². The van der Waals surface area contributed by atoms with Crippen LogP contribution in [0.3, 0.4) is 0 Å². The van der Waals surface area contributed by atoms with E-state index in [0.717, 1.165) is 63.9 Å². The number of nitrogens with one attached hydrogen (secondary N) is 4. The molecule has 0 aliphatic carbocycles. The number of nitrogens with zero attached hydrogens (tertiary/aromatic N) is 3. The first kappa shape index (κ1) is 38.1. The Bertz CT molecular complexity index is 2580. The molecule has 1 unspecified atom stereocenters. The van der Waals surface area contributed by atoms with Gasteiger partial charge in [-0.05, 0) is 102 Å². The molecule has 1 fully saturated rings. The topological polar surface area (TPSA) is 157 Å². The number of fused-ring (bicyclic) bond motifs is 3. The summed E-state index contributed by atoms with van der Waals surface area (Å²) in [5.74, 6) is 5.07. The molecule has 1 saturated heterocycles. The summed E-state index contributed by atoms with van der Waals surface area (Å²) in [7, 11) is 1.65. The van der Waals surface area contributed by atoms with Gasteiger partial charge < -0.3 is 25.4 Å². The van der Waals surface area contributed by atoms with Gasteiger partial charge in [0.05, 0.1) is 5.56 Å². The van der Waals surface area contributed by atoms with Crippen LogP contribution in [0.25, 0.3) is 22.0 Å². The van der Waals surface area contributed by atoms with Gasteiger partial charge in [0, 0.05) is 90.9 Å². The molecule has 1 atom stereocenters. The van der Waals surface area contributed by atoms with Gasteiger partial charge in [-0.2, -0.15) is 0 Å². The zero-order valence-corrected chi connectivity index (χ0v) is 33.0. The summed E-state index contributed by atoms with van der Waals surface area (Å²) in [4.78, 5) is 74.7. The van der Waals surface area contributed by atoms with E-state index >= 15 is 0 Å².